The van der Waals surface area contributed by atoms with Gasteiger partial charge >= 0.3 is 0 Å². The van der Waals surface area contributed by atoms with E-state index >= 15 is 0 Å². The van der Waals surface area contributed by atoms with Crippen molar-refractivity contribution in [3.63, 3.8) is 0 Å². The normalized spacial score (nSPS) is 11.0. The Hall–Kier alpha value is -2.07. The van der Waals surface area contributed by atoms with Crippen molar-refractivity contribution in [2.24, 2.45) is 7.05 Å². The lowest BCUT2D eigenvalue weighted by Crippen LogP contribution is -2.27. The fourth-order valence-corrected chi connectivity index (χ4v) is 3.36. The summed E-state index contributed by atoms with van der Waals surface area (Å²) >= 11 is 3.41. The lowest BCUT2D eigenvalue weighted by molar-refractivity contribution is -0.120. The molecule has 0 fully saturated rings. The van der Waals surface area contributed by atoms with E-state index in [1.807, 2.05) is 24.3 Å². The fourth-order valence-electron chi connectivity index (χ4n) is 3.09. The Kier molecular flexibility index (Phi) is 5.05. The number of nitrogens with one attached hydrogen (secondary N) is 1. The molecular weight excluding hydrogens is 364 g/mol. The van der Waals surface area contributed by atoms with Crippen LogP contribution < -0.4 is 5.32 Å². The first-order valence-electron chi connectivity index (χ1n) is 8.10. The largest absolute Gasteiger partial charge is 0.355 e. The van der Waals surface area contributed by atoms with Crippen LogP contribution in [0.5, 0.6) is 0 Å². The molecule has 1 amide bonds. The molecule has 2 aromatic carbocycles. The van der Waals surface area contributed by atoms with Gasteiger partial charge in [0.2, 0.25) is 5.91 Å². The number of hydrogen-bond donors (Lipinski definition) is 1. The molecule has 0 unspecified atom stereocenters. The summed E-state index contributed by atoms with van der Waals surface area (Å²) in [7, 11) is 2.09. The van der Waals surface area contributed by atoms with E-state index in [9.17, 15) is 4.79 Å². The number of aryl methyl sites for hydroxylation is 1. The number of para-hydroxylation sites is 1. The smallest absolute Gasteiger partial charge is 0.224 e. The summed E-state index contributed by atoms with van der Waals surface area (Å²) in [5, 5.41) is 4.31. The lowest BCUT2D eigenvalue weighted by atomic mass is 10.1. The molecule has 3 nitrogen and oxygen atoms in total. The number of fused-ring (bicyclic) bond motifs is 1. The third kappa shape index (κ3) is 3.54. The molecule has 0 spiro atoms. The number of aromatic nitrogens is 1. The molecule has 24 heavy (non-hydrogen) atoms. The molecule has 3 rings (SSSR count). The van der Waals surface area contributed by atoms with Crippen LogP contribution in [0.4, 0.5) is 0 Å². The van der Waals surface area contributed by atoms with Crippen LogP contribution in [0.15, 0.2) is 53.0 Å². The van der Waals surface area contributed by atoms with Crippen LogP contribution in [0, 0.1) is 6.92 Å². The van der Waals surface area contributed by atoms with Crippen molar-refractivity contribution in [2.45, 2.75) is 19.8 Å². The highest BCUT2D eigenvalue weighted by molar-refractivity contribution is 9.10. The number of carbonyl (C=O) groups excluding carboxylic acids is 1. The summed E-state index contributed by atoms with van der Waals surface area (Å²) in [4.78, 5) is 12.1. The monoisotopic (exact) mass is 384 g/mol. The van der Waals surface area contributed by atoms with E-state index in [0.717, 1.165) is 16.5 Å². The summed E-state index contributed by atoms with van der Waals surface area (Å²) in [5.74, 6) is 0.0650. The predicted molar refractivity (Wildman–Crippen MR) is 102 cm³/mol. The Balaban J connectivity index is 1.61. The van der Waals surface area contributed by atoms with Gasteiger partial charge in [0, 0.05) is 34.7 Å². The van der Waals surface area contributed by atoms with Gasteiger partial charge < -0.3 is 9.88 Å². The first-order valence-corrected chi connectivity index (χ1v) is 8.89. The van der Waals surface area contributed by atoms with E-state index in [1.54, 1.807) is 0 Å². The van der Waals surface area contributed by atoms with Gasteiger partial charge in [0.15, 0.2) is 0 Å². The van der Waals surface area contributed by atoms with Gasteiger partial charge in [-0.3, -0.25) is 4.79 Å². The molecule has 1 aromatic heterocycles. The molecule has 0 aliphatic rings. The molecule has 0 bridgehead atoms. The molecule has 0 aliphatic heterocycles. The SMILES string of the molecule is Cc1c(CCNC(=O)Cc2ccc(Br)cc2)c2ccccc2n1C. The number of benzene rings is 2. The quantitative estimate of drug-likeness (QED) is 0.704. The molecule has 0 saturated heterocycles. The summed E-state index contributed by atoms with van der Waals surface area (Å²) in [6.45, 7) is 2.79. The average Bonchev–Trinajstić information content (AvgIpc) is 2.82. The molecule has 4 heteroatoms. The van der Waals surface area contributed by atoms with Crippen LogP contribution in [0.25, 0.3) is 10.9 Å². The van der Waals surface area contributed by atoms with Crippen LogP contribution in [-0.2, 0) is 24.7 Å². The van der Waals surface area contributed by atoms with Gasteiger partial charge in [0.25, 0.3) is 0 Å². The molecule has 0 radical (unpaired) electrons. The van der Waals surface area contributed by atoms with Crippen molar-refractivity contribution in [1.29, 1.82) is 0 Å². The molecule has 0 saturated carbocycles. The van der Waals surface area contributed by atoms with Crippen molar-refractivity contribution >= 4 is 32.7 Å². The molecule has 124 valence electrons. The van der Waals surface area contributed by atoms with E-state index in [1.165, 1.54) is 22.2 Å². The highest BCUT2D eigenvalue weighted by atomic mass is 79.9. The summed E-state index contributed by atoms with van der Waals surface area (Å²) in [6, 6.07) is 16.3. The minimum absolute atomic E-state index is 0.0650. The molecule has 0 aliphatic carbocycles. The molecular formula is C20H21BrN2O. The Bertz CT molecular complexity index is 865. The van der Waals surface area contributed by atoms with Gasteiger partial charge in [0.1, 0.15) is 0 Å². The van der Waals surface area contributed by atoms with Gasteiger partial charge in [-0.05, 0) is 42.7 Å². The number of halogens is 1. The second-order valence-corrected chi connectivity index (χ2v) is 6.96. The van der Waals surface area contributed by atoms with Gasteiger partial charge in [-0.1, -0.05) is 46.3 Å². The Morgan fingerprint density at radius 1 is 1.12 bits per heavy atom. The molecule has 1 heterocycles. The van der Waals surface area contributed by atoms with Crippen molar-refractivity contribution in [3.05, 3.63) is 69.8 Å². The van der Waals surface area contributed by atoms with Gasteiger partial charge in [0.05, 0.1) is 6.42 Å². The zero-order chi connectivity index (χ0) is 17.1. The van der Waals surface area contributed by atoms with Crippen LogP contribution in [0.2, 0.25) is 0 Å². The number of rotatable bonds is 5. The van der Waals surface area contributed by atoms with Crippen LogP contribution >= 0.6 is 15.9 Å². The standard InChI is InChI=1S/C20H21BrN2O/c1-14-17(18-5-3-4-6-19(18)23(14)2)11-12-22-20(24)13-15-7-9-16(21)10-8-15/h3-10H,11-13H2,1-2H3,(H,22,24). The van der Waals surface area contributed by atoms with E-state index in [-0.39, 0.29) is 5.91 Å². The van der Waals surface area contributed by atoms with Crippen molar-refractivity contribution in [2.75, 3.05) is 6.54 Å². The molecule has 3 aromatic rings. The van der Waals surface area contributed by atoms with E-state index in [0.29, 0.717) is 13.0 Å². The minimum atomic E-state index is 0.0650. The molecule has 1 N–H and O–H groups in total. The zero-order valence-electron chi connectivity index (χ0n) is 14.0. The summed E-state index contributed by atoms with van der Waals surface area (Å²) in [5.41, 5.74) is 4.85. The second-order valence-electron chi connectivity index (χ2n) is 6.04. The Morgan fingerprint density at radius 2 is 1.83 bits per heavy atom. The number of hydrogen-bond acceptors (Lipinski definition) is 1. The van der Waals surface area contributed by atoms with Crippen molar-refractivity contribution in [1.82, 2.24) is 9.88 Å². The third-order valence-electron chi connectivity index (χ3n) is 4.51. The number of carbonyl (C=O) groups is 1. The van der Waals surface area contributed by atoms with E-state index in [4.69, 9.17) is 0 Å². The van der Waals surface area contributed by atoms with Gasteiger partial charge in [-0.25, -0.2) is 0 Å². The minimum Gasteiger partial charge on any atom is -0.355 e. The maximum absolute atomic E-state index is 12.1. The maximum atomic E-state index is 12.1. The summed E-state index contributed by atoms with van der Waals surface area (Å²) < 4.78 is 3.24. The van der Waals surface area contributed by atoms with E-state index in [2.05, 4.69) is 64.1 Å². The first-order chi connectivity index (χ1) is 11.6. The average molecular weight is 385 g/mol. The highest BCUT2D eigenvalue weighted by Gasteiger charge is 2.11. The van der Waals surface area contributed by atoms with Gasteiger partial charge in [-0.15, -0.1) is 0 Å². The van der Waals surface area contributed by atoms with Gasteiger partial charge in [-0.2, -0.15) is 0 Å². The lowest BCUT2D eigenvalue weighted by Gasteiger charge is -2.06. The zero-order valence-corrected chi connectivity index (χ0v) is 15.6. The van der Waals surface area contributed by atoms with E-state index < -0.39 is 0 Å². The van der Waals surface area contributed by atoms with Crippen LogP contribution in [0.1, 0.15) is 16.8 Å². The fraction of sp³-hybridized carbons (Fsp3) is 0.250. The van der Waals surface area contributed by atoms with Crippen LogP contribution in [-0.4, -0.2) is 17.0 Å². The second kappa shape index (κ2) is 7.22. The summed E-state index contributed by atoms with van der Waals surface area (Å²) in [6.07, 6.45) is 1.26. The number of amides is 1. The molecule has 0 atom stereocenters. The predicted octanol–water partition coefficient (Wildman–Crippen LogP) is 4.15. The third-order valence-corrected chi connectivity index (χ3v) is 5.03. The van der Waals surface area contributed by atoms with Crippen LogP contribution in [0.3, 0.4) is 0 Å². The van der Waals surface area contributed by atoms with Crippen molar-refractivity contribution < 1.29 is 4.79 Å². The topological polar surface area (TPSA) is 34.0 Å². The highest BCUT2D eigenvalue weighted by Crippen LogP contribution is 2.24. The first kappa shape index (κ1) is 16.8. The maximum Gasteiger partial charge on any atom is 0.224 e. The Morgan fingerprint density at radius 3 is 2.58 bits per heavy atom. The van der Waals surface area contributed by atoms with Crippen molar-refractivity contribution in [3.8, 4) is 0 Å². The Labute approximate surface area is 150 Å². The number of nitrogens with zero attached hydrogens (tertiary/aromatic N) is 1.